The van der Waals surface area contributed by atoms with Gasteiger partial charge in [-0.15, -0.1) is 0 Å². The van der Waals surface area contributed by atoms with Gasteiger partial charge in [-0.2, -0.15) is 0 Å². The summed E-state index contributed by atoms with van der Waals surface area (Å²) in [5, 5.41) is 0. The van der Waals surface area contributed by atoms with Crippen LogP contribution in [0.15, 0.2) is 23.4 Å². The molecule has 3 nitrogen and oxygen atoms in total. The fraction of sp³-hybridized carbons (Fsp3) is 0.667. The summed E-state index contributed by atoms with van der Waals surface area (Å²) in [4.78, 5) is 28.6. The fourth-order valence-corrected chi connectivity index (χ4v) is 6.52. The second kappa shape index (κ2) is 5.15. The van der Waals surface area contributed by atoms with Crippen molar-refractivity contribution in [2.24, 2.45) is 28.6 Å². The number of hydrogen-bond acceptors (Lipinski definition) is 2. The molecule has 0 spiro atoms. The van der Waals surface area contributed by atoms with Crippen LogP contribution in [0.5, 0.6) is 0 Å². The Morgan fingerprint density at radius 1 is 1.17 bits per heavy atom. The summed E-state index contributed by atoms with van der Waals surface area (Å²) in [6.45, 7) is 11.6. The van der Waals surface area contributed by atoms with Crippen LogP contribution in [-0.4, -0.2) is 11.6 Å². The largest absolute Gasteiger partial charge is 0.299 e. The first-order valence-corrected chi connectivity index (χ1v) is 9.23. The number of Topliss-reactive ketones (excluding diaryl/α,β-unsaturated/α-hetero) is 1. The highest BCUT2D eigenvalue weighted by Crippen LogP contribution is 2.65. The Hall–Kier alpha value is -1.69. The van der Waals surface area contributed by atoms with Crippen LogP contribution in [-0.2, 0) is 9.59 Å². The molecule has 24 heavy (non-hydrogen) atoms. The van der Waals surface area contributed by atoms with E-state index in [1.807, 2.05) is 6.08 Å². The normalized spacial score (nSPS) is 46.0. The molecule has 0 amide bonds. The number of fused-ring (bicyclic) bond motifs is 5. The predicted octanol–water partition coefficient (Wildman–Crippen LogP) is 4.50. The van der Waals surface area contributed by atoms with Crippen LogP contribution in [0.4, 0.5) is 0 Å². The quantitative estimate of drug-likeness (QED) is 0.616. The van der Waals surface area contributed by atoms with Crippen molar-refractivity contribution < 1.29 is 9.59 Å². The lowest BCUT2D eigenvalue weighted by molar-refractivity contribution is -0.142. The maximum absolute atomic E-state index is 13.3. The van der Waals surface area contributed by atoms with E-state index in [0.29, 0.717) is 30.5 Å². The van der Waals surface area contributed by atoms with Crippen LogP contribution in [0.25, 0.3) is 4.85 Å². The monoisotopic (exact) mass is 323 g/mol. The number of rotatable bonds is 0. The molecule has 0 N–H and O–H groups in total. The Bertz CT molecular complexity index is 725. The van der Waals surface area contributed by atoms with Crippen LogP contribution >= 0.6 is 0 Å². The summed E-state index contributed by atoms with van der Waals surface area (Å²) in [6, 6.07) is 0. The molecule has 0 radical (unpaired) electrons. The molecule has 0 aromatic heterocycles. The van der Waals surface area contributed by atoms with Gasteiger partial charge < -0.3 is 0 Å². The van der Waals surface area contributed by atoms with Crippen molar-refractivity contribution in [2.75, 3.05) is 0 Å². The first-order valence-electron chi connectivity index (χ1n) is 9.23. The number of hydrogen-bond donors (Lipinski definition) is 0. The zero-order valence-corrected chi connectivity index (χ0v) is 14.6. The molecule has 3 heteroatoms. The van der Waals surface area contributed by atoms with Gasteiger partial charge >= 0.3 is 0 Å². The van der Waals surface area contributed by atoms with E-state index in [0.717, 1.165) is 32.1 Å². The summed E-state index contributed by atoms with van der Waals surface area (Å²) < 4.78 is 0. The predicted molar refractivity (Wildman–Crippen MR) is 91.8 cm³/mol. The van der Waals surface area contributed by atoms with Gasteiger partial charge in [0.2, 0.25) is 0 Å². The zero-order valence-electron chi connectivity index (χ0n) is 14.6. The molecule has 0 aromatic carbocycles. The Balaban J connectivity index is 1.76. The van der Waals surface area contributed by atoms with E-state index >= 15 is 0 Å². The molecule has 0 bridgehead atoms. The Labute approximate surface area is 144 Å². The van der Waals surface area contributed by atoms with E-state index in [-0.39, 0.29) is 22.5 Å². The molecule has 0 aromatic rings. The molecule has 4 aliphatic rings. The minimum atomic E-state index is -0.110. The van der Waals surface area contributed by atoms with Gasteiger partial charge in [-0.05, 0) is 60.8 Å². The molecule has 0 saturated heterocycles. The van der Waals surface area contributed by atoms with E-state index < -0.39 is 0 Å². The van der Waals surface area contributed by atoms with Gasteiger partial charge in [0, 0.05) is 18.8 Å². The minimum absolute atomic E-state index is 0.0796. The van der Waals surface area contributed by atoms with Crippen LogP contribution in [0.3, 0.4) is 0 Å². The number of ketones is 2. The topological polar surface area (TPSA) is 38.5 Å². The van der Waals surface area contributed by atoms with Crippen LogP contribution in [0, 0.1) is 35.2 Å². The molecule has 3 saturated carbocycles. The standard InChI is InChI=1S/C21H25NO2/c1-20-9-8-15(23)10-13(20)4-6-16-17-7-5-14(12-22-3)21(17,2)11-18(24)19(16)20/h10,12,16-17,19H,4-9,11H2,1-2H3/b14-12-/t16-,17-,19+,20-,21+/m0/s1. The Morgan fingerprint density at radius 3 is 2.71 bits per heavy atom. The highest BCUT2D eigenvalue weighted by atomic mass is 16.1. The third kappa shape index (κ3) is 1.95. The van der Waals surface area contributed by atoms with Gasteiger partial charge in [-0.25, -0.2) is 4.85 Å². The Morgan fingerprint density at radius 2 is 1.96 bits per heavy atom. The molecule has 4 rings (SSSR count). The lowest BCUT2D eigenvalue weighted by atomic mass is 9.47. The molecule has 4 aliphatic carbocycles. The third-order valence-corrected chi connectivity index (χ3v) is 7.72. The molecule has 3 fully saturated rings. The first kappa shape index (κ1) is 15.8. The number of carbonyl (C=O) groups excluding carboxylic acids is 2. The van der Waals surface area contributed by atoms with Crippen LogP contribution in [0.1, 0.15) is 58.8 Å². The third-order valence-electron chi connectivity index (χ3n) is 7.72. The summed E-state index contributed by atoms with van der Waals surface area (Å²) in [5.74, 6) is 1.62. The van der Waals surface area contributed by atoms with E-state index in [1.165, 1.54) is 11.1 Å². The molecule has 0 aliphatic heterocycles. The highest BCUT2D eigenvalue weighted by molar-refractivity contribution is 5.93. The summed E-state index contributed by atoms with van der Waals surface area (Å²) in [5.41, 5.74) is 2.21. The average molecular weight is 323 g/mol. The van der Waals surface area contributed by atoms with E-state index in [9.17, 15) is 9.59 Å². The van der Waals surface area contributed by atoms with Crippen LogP contribution in [0.2, 0.25) is 0 Å². The van der Waals surface area contributed by atoms with Crippen molar-refractivity contribution in [1.82, 2.24) is 0 Å². The smallest absolute Gasteiger partial charge is 0.155 e. The Kier molecular flexibility index (Phi) is 3.39. The lowest BCUT2D eigenvalue weighted by Gasteiger charge is -2.56. The molecular formula is C21H25NO2. The van der Waals surface area contributed by atoms with Gasteiger partial charge in [-0.1, -0.05) is 25.0 Å². The van der Waals surface area contributed by atoms with Crippen molar-refractivity contribution in [1.29, 1.82) is 0 Å². The zero-order chi connectivity index (χ0) is 17.1. The second-order valence-corrected chi connectivity index (χ2v) is 8.72. The van der Waals surface area contributed by atoms with Crippen molar-refractivity contribution >= 4 is 11.6 Å². The molecule has 0 heterocycles. The maximum Gasteiger partial charge on any atom is 0.155 e. The van der Waals surface area contributed by atoms with E-state index in [2.05, 4.69) is 18.7 Å². The van der Waals surface area contributed by atoms with E-state index in [1.54, 1.807) is 6.20 Å². The second-order valence-electron chi connectivity index (χ2n) is 8.72. The number of nitrogens with zero attached hydrogens (tertiary/aromatic N) is 1. The average Bonchev–Trinajstić information content (AvgIpc) is 2.84. The van der Waals surface area contributed by atoms with Crippen molar-refractivity contribution in [3.05, 3.63) is 34.8 Å². The van der Waals surface area contributed by atoms with Crippen molar-refractivity contribution in [3.8, 4) is 0 Å². The first-order chi connectivity index (χ1) is 11.4. The van der Waals surface area contributed by atoms with E-state index in [4.69, 9.17) is 6.57 Å². The lowest BCUT2D eigenvalue weighted by Crippen LogP contribution is -2.54. The SMILES string of the molecule is [C-]#[N+]/C=C1/CC[C@H]2[C@@H]3CCC4=CC(=O)CC[C@]4(C)[C@H]3C(=O)C[C@]12C. The van der Waals surface area contributed by atoms with Gasteiger partial charge in [0.05, 0.1) is 6.57 Å². The maximum atomic E-state index is 13.3. The van der Waals surface area contributed by atoms with Crippen molar-refractivity contribution in [3.63, 3.8) is 0 Å². The molecular weight excluding hydrogens is 298 g/mol. The van der Waals surface area contributed by atoms with Gasteiger partial charge in [-0.3, -0.25) is 9.59 Å². The van der Waals surface area contributed by atoms with Gasteiger partial charge in [0.15, 0.2) is 12.0 Å². The van der Waals surface area contributed by atoms with Crippen molar-refractivity contribution in [2.45, 2.75) is 58.8 Å². The molecule has 5 atom stereocenters. The number of carbonyl (C=O) groups is 2. The highest BCUT2D eigenvalue weighted by Gasteiger charge is 2.60. The molecule has 0 unspecified atom stereocenters. The van der Waals surface area contributed by atoms with Gasteiger partial charge in [0.1, 0.15) is 5.78 Å². The minimum Gasteiger partial charge on any atom is -0.299 e. The van der Waals surface area contributed by atoms with Crippen LogP contribution < -0.4 is 0 Å². The summed E-state index contributed by atoms with van der Waals surface area (Å²) in [7, 11) is 0. The van der Waals surface area contributed by atoms with Gasteiger partial charge in [0.25, 0.3) is 0 Å². The summed E-state index contributed by atoms with van der Waals surface area (Å²) in [6.07, 6.45) is 9.60. The fourth-order valence-electron chi connectivity index (χ4n) is 6.52. The summed E-state index contributed by atoms with van der Waals surface area (Å²) >= 11 is 0. The molecule has 126 valence electrons. The number of allylic oxidation sites excluding steroid dienone is 2.